The van der Waals surface area contributed by atoms with Gasteiger partial charge in [-0.3, -0.25) is 9.59 Å². The van der Waals surface area contributed by atoms with E-state index in [9.17, 15) is 18.0 Å². The zero-order chi connectivity index (χ0) is 21.4. The van der Waals surface area contributed by atoms with Crippen LogP contribution in [0.5, 0.6) is 0 Å². The Bertz CT molecular complexity index is 805. The Kier molecular flexibility index (Phi) is 8.57. The molecule has 1 aromatic rings. The number of carbonyl (C=O) groups is 2. The van der Waals surface area contributed by atoms with Crippen molar-refractivity contribution in [2.75, 3.05) is 52.8 Å². The number of nitrogens with zero attached hydrogens (tertiary/aromatic N) is 2. The molecule has 2 rings (SSSR count). The van der Waals surface area contributed by atoms with Gasteiger partial charge in [-0.2, -0.15) is 17.0 Å². The van der Waals surface area contributed by atoms with Gasteiger partial charge < -0.3 is 15.4 Å². The van der Waals surface area contributed by atoms with E-state index in [1.54, 1.807) is 31.4 Å². The average Bonchev–Trinajstić information content (AvgIpc) is 2.71. The minimum Gasteiger partial charge on any atom is -0.385 e. The summed E-state index contributed by atoms with van der Waals surface area (Å²) in [7, 11) is 1.12. The van der Waals surface area contributed by atoms with Crippen molar-refractivity contribution in [3.63, 3.8) is 0 Å². The lowest BCUT2D eigenvalue weighted by Crippen LogP contribution is -2.46. The molecule has 2 amide bonds. The summed E-state index contributed by atoms with van der Waals surface area (Å²) in [4.78, 5) is 25.1. The van der Waals surface area contributed by atoms with Gasteiger partial charge in [0.2, 0.25) is 5.91 Å². The fourth-order valence-electron chi connectivity index (χ4n) is 3.12. The average molecular weight is 427 g/mol. The Morgan fingerprint density at radius 3 is 2.48 bits per heavy atom. The van der Waals surface area contributed by atoms with Gasteiger partial charge in [0.05, 0.1) is 11.3 Å². The molecule has 9 nitrogen and oxygen atoms in total. The molecule has 29 heavy (non-hydrogen) atoms. The number of ether oxygens (including phenoxy) is 1. The first kappa shape index (κ1) is 23.3. The number of anilines is 1. The van der Waals surface area contributed by atoms with Crippen molar-refractivity contribution in [3.05, 3.63) is 29.8 Å². The molecule has 1 heterocycles. The van der Waals surface area contributed by atoms with Crippen molar-refractivity contribution in [2.45, 2.75) is 19.3 Å². The Morgan fingerprint density at radius 2 is 1.86 bits per heavy atom. The summed E-state index contributed by atoms with van der Waals surface area (Å²) in [6.07, 6.45) is 1.57. The number of piperidine rings is 1. The quantitative estimate of drug-likeness (QED) is 0.571. The van der Waals surface area contributed by atoms with Gasteiger partial charge in [0.25, 0.3) is 16.1 Å². The molecule has 2 N–H and O–H groups in total. The molecule has 1 aromatic carbocycles. The zero-order valence-corrected chi connectivity index (χ0v) is 18.0. The van der Waals surface area contributed by atoms with Crippen molar-refractivity contribution in [1.29, 1.82) is 0 Å². The van der Waals surface area contributed by atoms with Crippen LogP contribution in [-0.4, -0.2) is 76.3 Å². The molecular weight excluding hydrogens is 396 g/mol. The molecule has 1 aliphatic rings. The number of hydrogen-bond donors (Lipinski definition) is 2. The van der Waals surface area contributed by atoms with E-state index < -0.39 is 10.2 Å². The van der Waals surface area contributed by atoms with Crippen LogP contribution in [0.2, 0.25) is 0 Å². The van der Waals surface area contributed by atoms with Crippen LogP contribution in [-0.2, 0) is 19.7 Å². The van der Waals surface area contributed by atoms with E-state index in [4.69, 9.17) is 4.74 Å². The van der Waals surface area contributed by atoms with Crippen molar-refractivity contribution in [3.8, 4) is 0 Å². The summed E-state index contributed by atoms with van der Waals surface area (Å²) in [6, 6.07) is 6.84. The number of benzene rings is 1. The van der Waals surface area contributed by atoms with Crippen LogP contribution in [0, 0.1) is 5.92 Å². The van der Waals surface area contributed by atoms with E-state index >= 15 is 0 Å². The van der Waals surface area contributed by atoms with Gasteiger partial charge in [-0.1, -0.05) is 12.1 Å². The maximum atomic E-state index is 12.7. The van der Waals surface area contributed by atoms with Gasteiger partial charge in [0.15, 0.2) is 0 Å². The summed E-state index contributed by atoms with van der Waals surface area (Å²) >= 11 is 0. The fraction of sp³-hybridized carbons (Fsp3) is 0.579. The monoisotopic (exact) mass is 426 g/mol. The first-order valence-electron chi connectivity index (χ1n) is 9.62. The lowest BCUT2D eigenvalue weighted by Gasteiger charge is -2.32. The lowest BCUT2D eigenvalue weighted by molar-refractivity contribution is -0.120. The largest absolute Gasteiger partial charge is 0.385 e. The van der Waals surface area contributed by atoms with Crippen LogP contribution in [0.1, 0.15) is 29.6 Å². The van der Waals surface area contributed by atoms with E-state index in [-0.39, 0.29) is 17.7 Å². The highest BCUT2D eigenvalue weighted by atomic mass is 32.2. The molecule has 0 atom stereocenters. The smallest absolute Gasteiger partial charge is 0.281 e. The van der Waals surface area contributed by atoms with Gasteiger partial charge in [0, 0.05) is 53.4 Å². The molecule has 0 saturated carbocycles. The van der Waals surface area contributed by atoms with E-state index in [0.29, 0.717) is 56.8 Å². The molecule has 0 radical (unpaired) electrons. The maximum absolute atomic E-state index is 12.7. The Balaban J connectivity index is 1.95. The summed E-state index contributed by atoms with van der Waals surface area (Å²) in [5.74, 6) is -0.767. The Morgan fingerprint density at radius 1 is 1.21 bits per heavy atom. The van der Waals surface area contributed by atoms with Crippen LogP contribution >= 0.6 is 0 Å². The molecule has 0 aliphatic carbocycles. The molecule has 1 aliphatic heterocycles. The van der Waals surface area contributed by atoms with Gasteiger partial charge in [-0.25, -0.2) is 0 Å². The van der Waals surface area contributed by atoms with Crippen LogP contribution in [0.15, 0.2) is 24.3 Å². The maximum Gasteiger partial charge on any atom is 0.281 e. The number of amides is 2. The highest BCUT2D eigenvalue weighted by molar-refractivity contribution is 7.86. The molecule has 162 valence electrons. The number of para-hydroxylation sites is 1. The second-order valence-electron chi connectivity index (χ2n) is 7.10. The highest BCUT2D eigenvalue weighted by Gasteiger charge is 2.32. The molecule has 0 unspecified atom stereocenters. The second kappa shape index (κ2) is 10.7. The minimum absolute atomic E-state index is 0.202. The van der Waals surface area contributed by atoms with Crippen LogP contribution in [0.4, 0.5) is 5.69 Å². The standard InChI is InChI=1S/C19H30N4O5S/c1-22(2)29(26,27)23-12-9-15(10-13-23)18(24)21-17-8-5-4-7-16(17)19(25)20-11-6-14-28-3/h4-5,7-8,15H,6,9-14H2,1-3H3,(H,20,25)(H,21,24). The van der Waals surface area contributed by atoms with Gasteiger partial charge in [-0.05, 0) is 31.4 Å². The summed E-state index contributed by atoms with van der Waals surface area (Å²) in [5, 5.41) is 5.65. The van der Waals surface area contributed by atoms with Gasteiger partial charge in [-0.15, -0.1) is 0 Å². The van der Waals surface area contributed by atoms with Crippen molar-refractivity contribution in [1.82, 2.24) is 13.9 Å². The third kappa shape index (κ3) is 6.23. The summed E-state index contributed by atoms with van der Waals surface area (Å²) in [5.41, 5.74) is 0.843. The topological polar surface area (TPSA) is 108 Å². The van der Waals surface area contributed by atoms with E-state index in [1.807, 2.05) is 0 Å². The SMILES string of the molecule is COCCCNC(=O)c1ccccc1NC(=O)C1CCN(S(=O)(=O)N(C)C)CC1. The van der Waals surface area contributed by atoms with Crippen LogP contribution in [0.3, 0.4) is 0 Å². The van der Waals surface area contributed by atoms with Gasteiger partial charge in [0.1, 0.15) is 0 Å². The first-order chi connectivity index (χ1) is 13.8. The Hall–Kier alpha value is -2.01. The second-order valence-corrected chi connectivity index (χ2v) is 9.24. The predicted molar refractivity (Wildman–Crippen MR) is 111 cm³/mol. The molecule has 0 spiro atoms. The molecule has 10 heteroatoms. The third-order valence-corrected chi connectivity index (χ3v) is 6.79. The minimum atomic E-state index is -3.47. The zero-order valence-electron chi connectivity index (χ0n) is 17.2. The summed E-state index contributed by atoms with van der Waals surface area (Å²) < 4.78 is 31.9. The number of methoxy groups -OCH3 is 1. The van der Waals surface area contributed by atoms with E-state index in [1.165, 1.54) is 22.7 Å². The molecule has 1 fully saturated rings. The molecule has 0 bridgehead atoms. The van der Waals surface area contributed by atoms with E-state index in [2.05, 4.69) is 10.6 Å². The van der Waals surface area contributed by atoms with Crippen molar-refractivity contribution in [2.24, 2.45) is 5.92 Å². The fourth-order valence-corrected chi connectivity index (χ4v) is 4.25. The third-order valence-electron chi connectivity index (χ3n) is 4.85. The normalized spacial score (nSPS) is 16.0. The van der Waals surface area contributed by atoms with Crippen LogP contribution in [0.25, 0.3) is 0 Å². The number of nitrogens with one attached hydrogen (secondary N) is 2. The number of carbonyl (C=O) groups excluding carboxylic acids is 2. The van der Waals surface area contributed by atoms with Crippen molar-refractivity contribution < 1.29 is 22.7 Å². The first-order valence-corrected chi connectivity index (χ1v) is 11.0. The molecule has 0 aromatic heterocycles. The number of rotatable bonds is 9. The molecular formula is C19H30N4O5S. The summed E-state index contributed by atoms with van der Waals surface area (Å²) in [6.45, 7) is 1.62. The van der Waals surface area contributed by atoms with Gasteiger partial charge >= 0.3 is 0 Å². The highest BCUT2D eigenvalue weighted by Crippen LogP contribution is 2.23. The van der Waals surface area contributed by atoms with Crippen molar-refractivity contribution >= 4 is 27.7 Å². The lowest BCUT2D eigenvalue weighted by atomic mass is 9.97. The van der Waals surface area contributed by atoms with E-state index in [0.717, 1.165) is 0 Å². The molecule has 1 saturated heterocycles. The number of hydrogen-bond acceptors (Lipinski definition) is 5. The Labute approximate surface area is 172 Å². The van der Waals surface area contributed by atoms with Crippen LogP contribution < -0.4 is 10.6 Å². The predicted octanol–water partition coefficient (Wildman–Crippen LogP) is 0.910.